The van der Waals surface area contributed by atoms with Crippen molar-refractivity contribution in [1.29, 1.82) is 5.41 Å². The van der Waals surface area contributed by atoms with Gasteiger partial charge in [0.25, 0.3) is 5.55 Å². The monoisotopic (exact) mass is 135 g/mol. The van der Waals surface area contributed by atoms with Gasteiger partial charge in [-0.15, -0.1) is 0 Å². The summed E-state index contributed by atoms with van der Waals surface area (Å²) in [5.41, 5.74) is 1.03. The van der Waals surface area contributed by atoms with Crippen molar-refractivity contribution in [1.82, 2.24) is 9.38 Å². The maximum Gasteiger partial charge on any atom is 0.257 e. The standard InChI is InChI=1S/C6H5N3O/c1-4-9-3-2-8-6(9)5(7)10-4/h2-3,7H,1H2. The molecule has 0 aliphatic heterocycles. The smallest absolute Gasteiger partial charge is 0.257 e. The Hall–Kier alpha value is -1.58. The Balaban J connectivity index is 3.28. The molecule has 0 aliphatic carbocycles. The topological polar surface area (TPSA) is 54.3 Å². The quantitative estimate of drug-likeness (QED) is 0.531. The van der Waals surface area contributed by atoms with Crippen molar-refractivity contribution in [3.63, 3.8) is 0 Å². The Morgan fingerprint density at radius 3 is 3.20 bits per heavy atom. The second-order valence-corrected chi connectivity index (χ2v) is 1.95. The molecule has 10 heavy (non-hydrogen) atoms. The maximum atomic E-state index is 7.21. The summed E-state index contributed by atoms with van der Waals surface area (Å²) < 4.78 is 6.49. The van der Waals surface area contributed by atoms with E-state index in [1.165, 1.54) is 0 Å². The maximum absolute atomic E-state index is 7.21. The molecule has 4 nitrogen and oxygen atoms in total. The summed E-state index contributed by atoms with van der Waals surface area (Å²) in [5, 5.41) is 7.21. The average molecular weight is 135 g/mol. The molecule has 0 aliphatic rings. The Labute approximate surface area is 55.9 Å². The number of oxazole rings is 1. The number of aromatic nitrogens is 2. The fourth-order valence-electron chi connectivity index (χ4n) is 0.885. The molecule has 0 atom stereocenters. The van der Waals surface area contributed by atoms with Gasteiger partial charge >= 0.3 is 0 Å². The van der Waals surface area contributed by atoms with E-state index in [-0.39, 0.29) is 5.55 Å². The third kappa shape index (κ3) is 0.452. The van der Waals surface area contributed by atoms with E-state index < -0.39 is 0 Å². The van der Waals surface area contributed by atoms with E-state index in [1.54, 1.807) is 16.8 Å². The lowest BCUT2D eigenvalue weighted by molar-refractivity contribution is 0.464. The minimum absolute atomic E-state index is 0.0648. The van der Waals surface area contributed by atoms with Crippen LogP contribution in [-0.2, 0) is 0 Å². The molecule has 0 fully saturated rings. The van der Waals surface area contributed by atoms with Gasteiger partial charge in [0.2, 0.25) is 11.2 Å². The lowest BCUT2D eigenvalue weighted by Crippen LogP contribution is -2.01. The van der Waals surface area contributed by atoms with Crippen molar-refractivity contribution in [3.8, 4) is 0 Å². The molecular formula is C6H5N3O. The first-order valence-corrected chi connectivity index (χ1v) is 2.78. The van der Waals surface area contributed by atoms with Gasteiger partial charge in [-0.05, 0) is 6.58 Å². The van der Waals surface area contributed by atoms with Crippen LogP contribution in [0.1, 0.15) is 0 Å². The predicted molar refractivity (Wildman–Crippen MR) is 34.1 cm³/mol. The lowest BCUT2D eigenvalue weighted by atomic mass is 10.8. The summed E-state index contributed by atoms with van der Waals surface area (Å²) in [6.07, 6.45) is 3.32. The van der Waals surface area contributed by atoms with Crippen LogP contribution in [0, 0.1) is 5.41 Å². The third-order valence-electron chi connectivity index (χ3n) is 1.33. The normalized spacial score (nSPS) is 10.8. The molecule has 0 amide bonds. The molecule has 0 spiro atoms. The van der Waals surface area contributed by atoms with Crippen molar-refractivity contribution >= 4 is 12.2 Å². The molecule has 2 rings (SSSR count). The molecule has 0 radical (unpaired) electrons. The molecule has 50 valence electrons. The zero-order valence-corrected chi connectivity index (χ0v) is 5.16. The SMILES string of the molecule is C=c1oc(=N)c2nccn12. The highest BCUT2D eigenvalue weighted by Crippen LogP contribution is 1.85. The summed E-state index contributed by atoms with van der Waals surface area (Å²) in [6, 6.07) is 0. The van der Waals surface area contributed by atoms with Gasteiger partial charge in [0, 0.05) is 12.4 Å². The predicted octanol–water partition coefficient (Wildman–Crippen LogP) is -0.464. The largest absolute Gasteiger partial charge is 0.419 e. The van der Waals surface area contributed by atoms with Gasteiger partial charge in [-0.2, -0.15) is 0 Å². The molecule has 2 aromatic rings. The number of nitrogens with one attached hydrogen (secondary N) is 1. The summed E-state index contributed by atoms with van der Waals surface area (Å²) in [4.78, 5) is 3.88. The zero-order chi connectivity index (χ0) is 7.14. The number of hydrogen-bond acceptors (Lipinski definition) is 3. The molecule has 0 aromatic carbocycles. The Morgan fingerprint density at radius 2 is 2.50 bits per heavy atom. The minimum atomic E-state index is 0.0648. The zero-order valence-electron chi connectivity index (χ0n) is 5.16. The van der Waals surface area contributed by atoms with E-state index in [2.05, 4.69) is 11.6 Å². The van der Waals surface area contributed by atoms with Crippen LogP contribution < -0.4 is 11.1 Å². The summed E-state index contributed by atoms with van der Waals surface area (Å²) in [5.74, 6) is 0. The number of hydrogen-bond donors (Lipinski definition) is 1. The van der Waals surface area contributed by atoms with Crippen LogP contribution in [0.3, 0.4) is 0 Å². The molecule has 2 heterocycles. The number of nitrogens with zero attached hydrogens (tertiary/aromatic N) is 2. The van der Waals surface area contributed by atoms with Gasteiger partial charge in [0.1, 0.15) is 0 Å². The van der Waals surface area contributed by atoms with E-state index in [1.807, 2.05) is 0 Å². The van der Waals surface area contributed by atoms with Crippen molar-refractivity contribution in [3.05, 3.63) is 23.5 Å². The highest BCUT2D eigenvalue weighted by molar-refractivity contribution is 5.32. The molecular weight excluding hydrogens is 130 g/mol. The molecule has 2 aromatic heterocycles. The van der Waals surface area contributed by atoms with Crippen LogP contribution in [0.4, 0.5) is 0 Å². The van der Waals surface area contributed by atoms with Crippen molar-refractivity contribution in [2.45, 2.75) is 0 Å². The second kappa shape index (κ2) is 1.47. The van der Waals surface area contributed by atoms with Crippen LogP contribution in [0.15, 0.2) is 16.8 Å². The number of imidazole rings is 1. The van der Waals surface area contributed by atoms with Crippen molar-refractivity contribution in [2.75, 3.05) is 0 Å². The van der Waals surface area contributed by atoms with Gasteiger partial charge in [-0.1, -0.05) is 0 Å². The van der Waals surface area contributed by atoms with E-state index in [9.17, 15) is 0 Å². The van der Waals surface area contributed by atoms with E-state index in [0.29, 0.717) is 11.2 Å². The van der Waals surface area contributed by atoms with Crippen molar-refractivity contribution in [2.24, 2.45) is 0 Å². The Bertz CT molecular complexity index is 413. The summed E-state index contributed by atoms with van der Waals surface area (Å²) in [7, 11) is 0. The summed E-state index contributed by atoms with van der Waals surface area (Å²) >= 11 is 0. The van der Waals surface area contributed by atoms with Crippen molar-refractivity contribution < 1.29 is 4.42 Å². The second-order valence-electron chi connectivity index (χ2n) is 1.95. The van der Waals surface area contributed by atoms with Crippen LogP contribution in [0.25, 0.3) is 12.2 Å². The van der Waals surface area contributed by atoms with Gasteiger partial charge < -0.3 is 4.42 Å². The lowest BCUT2D eigenvalue weighted by Gasteiger charge is -1.72. The van der Waals surface area contributed by atoms with E-state index >= 15 is 0 Å². The molecule has 0 saturated carbocycles. The van der Waals surface area contributed by atoms with E-state index in [0.717, 1.165) is 0 Å². The van der Waals surface area contributed by atoms with Gasteiger partial charge in [-0.25, -0.2) is 4.98 Å². The van der Waals surface area contributed by atoms with Crippen LogP contribution in [0.5, 0.6) is 0 Å². The summed E-state index contributed by atoms with van der Waals surface area (Å²) in [6.45, 7) is 3.58. The van der Waals surface area contributed by atoms with Crippen LogP contribution in [0.2, 0.25) is 0 Å². The fourth-order valence-corrected chi connectivity index (χ4v) is 0.885. The minimum Gasteiger partial charge on any atom is -0.419 e. The molecule has 0 bridgehead atoms. The van der Waals surface area contributed by atoms with Gasteiger partial charge in [0.15, 0.2) is 0 Å². The van der Waals surface area contributed by atoms with Gasteiger partial charge in [0.05, 0.1) is 0 Å². The highest BCUT2D eigenvalue weighted by Gasteiger charge is 1.99. The first-order chi connectivity index (χ1) is 4.79. The van der Waals surface area contributed by atoms with Gasteiger partial charge in [-0.3, -0.25) is 9.81 Å². The number of fused-ring (bicyclic) bond motifs is 1. The molecule has 0 saturated heterocycles. The third-order valence-corrected chi connectivity index (χ3v) is 1.33. The molecule has 0 unspecified atom stereocenters. The Kier molecular flexibility index (Phi) is 0.768. The molecule has 1 N–H and O–H groups in total. The van der Waals surface area contributed by atoms with Crippen LogP contribution >= 0.6 is 0 Å². The average Bonchev–Trinajstić information content (AvgIpc) is 2.39. The van der Waals surface area contributed by atoms with Crippen LogP contribution in [-0.4, -0.2) is 9.38 Å². The molecule has 4 heteroatoms. The fraction of sp³-hybridized carbons (Fsp3) is 0. The number of rotatable bonds is 0. The highest BCUT2D eigenvalue weighted by atomic mass is 16.3. The first kappa shape index (κ1) is 5.22. The van der Waals surface area contributed by atoms with E-state index in [4.69, 9.17) is 9.83 Å². The Morgan fingerprint density at radius 1 is 1.70 bits per heavy atom. The first-order valence-electron chi connectivity index (χ1n) is 2.78.